The lowest BCUT2D eigenvalue weighted by molar-refractivity contribution is 0.304. The van der Waals surface area contributed by atoms with Gasteiger partial charge in [-0.3, -0.25) is 0 Å². The first-order valence-electron chi connectivity index (χ1n) is 5.24. The number of pyridine rings is 1. The maximum absolute atomic E-state index is 5.87. The van der Waals surface area contributed by atoms with Crippen LogP contribution in [-0.2, 0) is 6.61 Å². The fourth-order valence-electron chi connectivity index (χ4n) is 1.52. The van der Waals surface area contributed by atoms with Crippen molar-refractivity contribution in [3.8, 4) is 5.75 Å². The van der Waals surface area contributed by atoms with Gasteiger partial charge in [0.25, 0.3) is 0 Å². The summed E-state index contributed by atoms with van der Waals surface area (Å²) in [7, 11) is 0. The molecule has 2 N–H and O–H groups in total. The van der Waals surface area contributed by atoms with Crippen LogP contribution >= 0.6 is 11.6 Å². The van der Waals surface area contributed by atoms with Crippen molar-refractivity contribution in [3.05, 3.63) is 52.7 Å². The Morgan fingerprint density at radius 2 is 2.12 bits per heavy atom. The molecule has 2 rings (SSSR count). The summed E-state index contributed by atoms with van der Waals surface area (Å²) in [6, 6.07) is 9.22. The Morgan fingerprint density at radius 3 is 2.82 bits per heavy atom. The van der Waals surface area contributed by atoms with Crippen molar-refractivity contribution >= 4 is 17.4 Å². The average Bonchev–Trinajstić information content (AvgIpc) is 2.28. The second kappa shape index (κ2) is 5.06. The molecular formula is C13H13ClN2O. The molecule has 0 unspecified atom stereocenters. The third-order valence-electron chi connectivity index (χ3n) is 2.38. The molecular weight excluding hydrogens is 236 g/mol. The van der Waals surface area contributed by atoms with E-state index >= 15 is 0 Å². The van der Waals surface area contributed by atoms with Gasteiger partial charge in [-0.15, -0.1) is 0 Å². The van der Waals surface area contributed by atoms with E-state index in [1.165, 1.54) is 0 Å². The minimum atomic E-state index is 0.467. The smallest absolute Gasteiger partial charge is 0.123 e. The van der Waals surface area contributed by atoms with Crippen molar-refractivity contribution in [3.63, 3.8) is 0 Å². The highest BCUT2D eigenvalue weighted by Gasteiger charge is 2.01. The van der Waals surface area contributed by atoms with Crippen LogP contribution in [0, 0.1) is 6.92 Å². The molecule has 0 aliphatic rings. The van der Waals surface area contributed by atoms with Crippen LogP contribution in [0.2, 0.25) is 5.02 Å². The van der Waals surface area contributed by atoms with E-state index < -0.39 is 0 Å². The van der Waals surface area contributed by atoms with E-state index in [-0.39, 0.29) is 0 Å². The third-order valence-corrected chi connectivity index (χ3v) is 2.61. The Kier molecular flexibility index (Phi) is 3.49. The maximum Gasteiger partial charge on any atom is 0.123 e. The van der Waals surface area contributed by atoms with Gasteiger partial charge in [-0.05, 0) is 48.4 Å². The number of rotatable bonds is 3. The van der Waals surface area contributed by atoms with Gasteiger partial charge in [-0.25, -0.2) is 4.98 Å². The molecule has 1 aromatic heterocycles. The molecule has 17 heavy (non-hydrogen) atoms. The van der Waals surface area contributed by atoms with Gasteiger partial charge in [0.2, 0.25) is 0 Å². The van der Waals surface area contributed by atoms with Crippen LogP contribution < -0.4 is 10.5 Å². The molecule has 2 aromatic rings. The number of benzene rings is 1. The summed E-state index contributed by atoms with van der Waals surface area (Å²) >= 11 is 5.87. The van der Waals surface area contributed by atoms with Crippen molar-refractivity contribution < 1.29 is 4.74 Å². The largest absolute Gasteiger partial charge is 0.489 e. The van der Waals surface area contributed by atoms with Crippen molar-refractivity contribution in [2.45, 2.75) is 13.5 Å². The number of hydrogen-bond donors (Lipinski definition) is 1. The van der Waals surface area contributed by atoms with Gasteiger partial charge < -0.3 is 10.5 Å². The minimum absolute atomic E-state index is 0.467. The molecule has 0 aliphatic heterocycles. The molecule has 0 saturated heterocycles. The monoisotopic (exact) mass is 248 g/mol. The van der Waals surface area contributed by atoms with Gasteiger partial charge in [-0.1, -0.05) is 11.6 Å². The zero-order valence-corrected chi connectivity index (χ0v) is 10.2. The van der Waals surface area contributed by atoms with Crippen molar-refractivity contribution in [2.24, 2.45) is 0 Å². The summed E-state index contributed by atoms with van der Waals surface area (Å²) in [4.78, 5) is 3.93. The predicted molar refractivity (Wildman–Crippen MR) is 69.2 cm³/mol. The number of ether oxygens (including phenoxy) is 1. The van der Waals surface area contributed by atoms with E-state index in [4.69, 9.17) is 22.1 Å². The first-order chi connectivity index (χ1) is 8.15. The number of aryl methyl sites for hydroxylation is 1. The van der Waals surface area contributed by atoms with Crippen LogP contribution in [0.5, 0.6) is 5.75 Å². The molecule has 0 radical (unpaired) electrons. The first kappa shape index (κ1) is 11.7. The quantitative estimate of drug-likeness (QED) is 0.907. The average molecular weight is 249 g/mol. The Hall–Kier alpha value is -1.74. The van der Waals surface area contributed by atoms with Crippen molar-refractivity contribution in [1.29, 1.82) is 0 Å². The van der Waals surface area contributed by atoms with Crippen LogP contribution in [0.3, 0.4) is 0 Å². The highest BCUT2D eigenvalue weighted by Crippen LogP contribution is 2.22. The molecule has 88 valence electrons. The third kappa shape index (κ3) is 3.11. The van der Waals surface area contributed by atoms with Crippen molar-refractivity contribution in [2.75, 3.05) is 5.73 Å². The zero-order chi connectivity index (χ0) is 12.3. The lowest BCUT2D eigenvalue weighted by Crippen LogP contribution is -1.99. The number of aromatic nitrogens is 1. The second-order valence-corrected chi connectivity index (χ2v) is 4.22. The summed E-state index contributed by atoms with van der Waals surface area (Å²) < 4.78 is 5.69. The summed E-state index contributed by atoms with van der Waals surface area (Å²) in [5.41, 5.74) is 7.60. The van der Waals surface area contributed by atoms with Crippen LogP contribution in [-0.4, -0.2) is 4.98 Å². The van der Waals surface area contributed by atoms with E-state index in [0.29, 0.717) is 17.4 Å². The molecule has 0 fully saturated rings. The Morgan fingerprint density at radius 1 is 1.29 bits per heavy atom. The summed E-state index contributed by atoms with van der Waals surface area (Å²) in [6.45, 7) is 2.43. The van der Waals surface area contributed by atoms with Crippen molar-refractivity contribution in [1.82, 2.24) is 4.98 Å². The fraction of sp³-hybridized carbons (Fsp3) is 0.154. The molecule has 0 saturated carbocycles. The number of nitrogen functional groups attached to an aromatic ring is 1. The number of hydrogen-bond acceptors (Lipinski definition) is 3. The van der Waals surface area contributed by atoms with Gasteiger partial charge in [0, 0.05) is 11.2 Å². The summed E-state index contributed by atoms with van der Waals surface area (Å²) in [6.07, 6.45) is 1.67. The van der Waals surface area contributed by atoms with Gasteiger partial charge in [0.15, 0.2) is 0 Å². The minimum Gasteiger partial charge on any atom is -0.489 e. The second-order valence-electron chi connectivity index (χ2n) is 3.79. The standard InChI is InChI=1S/C13H13ClN2O/c1-9-6-11(14)2-3-12(9)17-8-10-4-5-16-13(15)7-10/h2-7H,8H2,1H3,(H2,15,16). The number of halogens is 1. The molecule has 0 aliphatic carbocycles. The SMILES string of the molecule is Cc1cc(Cl)ccc1OCc1ccnc(N)c1. The number of anilines is 1. The number of nitrogens with two attached hydrogens (primary N) is 1. The Balaban J connectivity index is 2.07. The Bertz CT molecular complexity index is 529. The molecule has 0 amide bonds. The van der Waals surface area contributed by atoms with E-state index in [2.05, 4.69) is 4.98 Å². The van der Waals surface area contributed by atoms with Gasteiger partial charge in [0.05, 0.1) is 0 Å². The molecule has 3 nitrogen and oxygen atoms in total. The predicted octanol–water partition coefficient (Wildman–Crippen LogP) is 3.20. The lowest BCUT2D eigenvalue weighted by atomic mass is 10.2. The molecule has 1 heterocycles. The maximum atomic E-state index is 5.87. The fourth-order valence-corrected chi connectivity index (χ4v) is 1.75. The van der Waals surface area contributed by atoms with Gasteiger partial charge >= 0.3 is 0 Å². The van der Waals surface area contributed by atoms with Crippen LogP contribution in [0.4, 0.5) is 5.82 Å². The topological polar surface area (TPSA) is 48.1 Å². The molecule has 1 aromatic carbocycles. The molecule has 4 heteroatoms. The Labute approximate surface area is 105 Å². The van der Waals surface area contributed by atoms with Crippen LogP contribution in [0.1, 0.15) is 11.1 Å². The molecule has 0 spiro atoms. The highest BCUT2D eigenvalue weighted by molar-refractivity contribution is 6.30. The number of nitrogens with zero attached hydrogens (tertiary/aromatic N) is 1. The normalized spacial score (nSPS) is 10.2. The summed E-state index contributed by atoms with van der Waals surface area (Å²) in [5.74, 6) is 1.32. The van der Waals surface area contributed by atoms with Crippen LogP contribution in [0.25, 0.3) is 0 Å². The van der Waals surface area contributed by atoms with E-state index in [0.717, 1.165) is 16.9 Å². The van der Waals surface area contributed by atoms with Gasteiger partial charge in [0.1, 0.15) is 18.2 Å². The summed E-state index contributed by atoms with van der Waals surface area (Å²) in [5, 5.41) is 0.711. The molecule has 0 atom stereocenters. The van der Waals surface area contributed by atoms with Gasteiger partial charge in [-0.2, -0.15) is 0 Å². The molecule has 0 bridgehead atoms. The van der Waals surface area contributed by atoms with E-state index in [1.54, 1.807) is 12.3 Å². The van der Waals surface area contributed by atoms with E-state index in [1.807, 2.05) is 31.2 Å². The first-order valence-corrected chi connectivity index (χ1v) is 5.62. The van der Waals surface area contributed by atoms with Crippen LogP contribution in [0.15, 0.2) is 36.5 Å². The van der Waals surface area contributed by atoms with E-state index in [9.17, 15) is 0 Å². The highest BCUT2D eigenvalue weighted by atomic mass is 35.5. The zero-order valence-electron chi connectivity index (χ0n) is 9.48. The lowest BCUT2D eigenvalue weighted by Gasteiger charge is -2.09.